The van der Waals surface area contributed by atoms with Gasteiger partial charge in [0, 0.05) is 31.3 Å². The summed E-state index contributed by atoms with van der Waals surface area (Å²) in [4.78, 5) is 12.3. The lowest BCUT2D eigenvalue weighted by molar-refractivity contribution is -0.384. The summed E-state index contributed by atoms with van der Waals surface area (Å²) in [5.74, 6) is -0.510. The fraction of sp³-hybridized carbons (Fsp3) is 0.455. The monoisotopic (exact) mass is 255 g/mol. The summed E-state index contributed by atoms with van der Waals surface area (Å²) in [6.45, 7) is 1.87. The van der Waals surface area contributed by atoms with Gasteiger partial charge in [0.1, 0.15) is 11.5 Å². The number of benzene rings is 1. The number of anilines is 1. The van der Waals surface area contributed by atoms with Crippen molar-refractivity contribution >= 4 is 11.4 Å². The molecule has 0 aliphatic carbocycles. The molecule has 0 aromatic heterocycles. The third kappa shape index (κ3) is 2.27. The van der Waals surface area contributed by atoms with E-state index >= 15 is 0 Å². The minimum atomic E-state index is -0.511. The van der Waals surface area contributed by atoms with Crippen molar-refractivity contribution in [3.05, 3.63) is 33.6 Å². The molecule has 1 saturated heterocycles. The molecule has 2 rings (SSSR count). The van der Waals surface area contributed by atoms with E-state index in [9.17, 15) is 14.5 Å². The Bertz CT molecular complexity index is 461. The maximum Gasteiger partial charge on any atom is 0.293 e. The van der Waals surface area contributed by atoms with Crippen LogP contribution in [0.4, 0.5) is 15.8 Å². The number of rotatable bonds is 3. The zero-order valence-corrected chi connectivity index (χ0v) is 9.76. The summed E-state index contributed by atoms with van der Waals surface area (Å²) in [6, 6.07) is 2.27. The van der Waals surface area contributed by atoms with E-state index in [1.165, 1.54) is 6.07 Å². The molecule has 2 N–H and O–H groups in total. The summed E-state index contributed by atoms with van der Waals surface area (Å²) in [6.07, 6.45) is 0. The first-order valence-electron chi connectivity index (χ1n) is 5.63. The molecule has 0 bridgehead atoms. The van der Waals surface area contributed by atoms with Gasteiger partial charge in [-0.2, -0.15) is 0 Å². The van der Waals surface area contributed by atoms with Crippen LogP contribution in [0.3, 0.4) is 0 Å². The van der Waals surface area contributed by atoms with E-state index < -0.39 is 10.7 Å². The highest BCUT2D eigenvalue weighted by atomic mass is 19.1. The standard InChI is InChI=1S/C11H14FN3O3/c12-9-1-2-10(15(16)17)11(8(9)7-13)14-3-5-18-6-4-14/h1-2H,3-7,13H2. The minimum absolute atomic E-state index is 0.0692. The maximum absolute atomic E-state index is 13.7. The highest BCUT2D eigenvalue weighted by Gasteiger charge is 2.26. The van der Waals surface area contributed by atoms with E-state index in [1.807, 2.05) is 0 Å². The van der Waals surface area contributed by atoms with Crippen LogP contribution in [0.2, 0.25) is 0 Å². The van der Waals surface area contributed by atoms with Gasteiger partial charge in [0.15, 0.2) is 0 Å². The van der Waals surface area contributed by atoms with Gasteiger partial charge in [-0.1, -0.05) is 0 Å². The topological polar surface area (TPSA) is 81.6 Å². The third-order valence-electron chi connectivity index (χ3n) is 2.93. The summed E-state index contributed by atoms with van der Waals surface area (Å²) in [7, 11) is 0. The number of halogens is 1. The number of morpholine rings is 1. The second-order valence-electron chi connectivity index (χ2n) is 3.95. The molecular weight excluding hydrogens is 241 g/mol. The SMILES string of the molecule is NCc1c(F)ccc([N+](=O)[O-])c1N1CCOCC1. The first-order chi connectivity index (χ1) is 8.65. The van der Waals surface area contributed by atoms with Gasteiger partial charge in [0.2, 0.25) is 0 Å². The van der Waals surface area contributed by atoms with Gasteiger partial charge >= 0.3 is 0 Å². The molecule has 18 heavy (non-hydrogen) atoms. The quantitative estimate of drug-likeness (QED) is 0.644. The van der Waals surface area contributed by atoms with Crippen LogP contribution in [0.25, 0.3) is 0 Å². The molecule has 1 aromatic rings. The zero-order chi connectivity index (χ0) is 13.1. The molecular formula is C11H14FN3O3. The fourth-order valence-electron chi connectivity index (χ4n) is 2.08. The lowest BCUT2D eigenvalue weighted by atomic mass is 10.1. The lowest BCUT2D eigenvalue weighted by Gasteiger charge is -2.30. The first kappa shape index (κ1) is 12.7. The number of hydrogen-bond acceptors (Lipinski definition) is 5. The number of ether oxygens (including phenoxy) is 1. The highest BCUT2D eigenvalue weighted by molar-refractivity contribution is 5.68. The average molecular weight is 255 g/mol. The van der Waals surface area contributed by atoms with Gasteiger partial charge in [-0.05, 0) is 6.07 Å². The Kier molecular flexibility index (Phi) is 3.73. The van der Waals surface area contributed by atoms with Gasteiger partial charge in [0.05, 0.1) is 18.1 Å². The van der Waals surface area contributed by atoms with Crippen LogP contribution in [0.1, 0.15) is 5.56 Å². The molecule has 1 heterocycles. The van der Waals surface area contributed by atoms with Crippen molar-refractivity contribution in [2.24, 2.45) is 5.73 Å². The molecule has 98 valence electrons. The van der Waals surface area contributed by atoms with Gasteiger partial charge in [-0.3, -0.25) is 10.1 Å². The van der Waals surface area contributed by atoms with E-state index in [1.54, 1.807) is 4.90 Å². The van der Waals surface area contributed by atoms with Gasteiger partial charge in [-0.15, -0.1) is 0 Å². The largest absolute Gasteiger partial charge is 0.378 e. The number of nitrogens with zero attached hydrogens (tertiary/aromatic N) is 2. The van der Waals surface area contributed by atoms with E-state index in [0.717, 1.165) is 6.07 Å². The Balaban J connectivity index is 2.52. The molecule has 6 nitrogen and oxygen atoms in total. The Labute approximate surface area is 103 Å². The van der Waals surface area contributed by atoms with Crippen LogP contribution in [-0.4, -0.2) is 31.2 Å². The Hall–Kier alpha value is -1.73. The molecule has 0 unspecified atom stereocenters. The molecule has 1 aliphatic heterocycles. The molecule has 0 amide bonds. The van der Waals surface area contributed by atoms with Crippen molar-refractivity contribution in [3.63, 3.8) is 0 Å². The number of nitro groups is 1. The zero-order valence-electron chi connectivity index (χ0n) is 9.76. The average Bonchev–Trinajstić information content (AvgIpc) is 2.39. The predicted molar refractivity (Wildman–Crippen MR) is 64.0 cm³/mol. The summed E-state index contributed by atoms with van der Waals surface area (Å²) in [5, 5.41) is 11.0. The van der Waals surface area contributed by atoms with Crippen molar-refractivity contribution < 1.29 is 14.1 Å². The first-order valence-corrected chi connectivity index (χ1v) is 5.63. The van der Waals surface area contributed by atoms with Gasteiger partial charge in [0.25, 0.3) is 5.69 Å². The second-order valence-corrected chi connectivity index (χ2v) is 3.95. The fourth-order valence-corrected chi connectivity index (χ4v) is 2.08. The number of hydrogen-bond donors (Lipinski definition) is 1. The molecule has 1 fully saturated rings. The van der Waals surface area contributed by atoms with Crippen LogP contribution < -0.4 is 10.6 Å². The molecule has 0 saturated carbocycles. The number of nitro benzene ring substituents is 1. The second kappa shape index (κ2) is 5.28. The van der Waals surface area contributed by atoms with Crippen molar-refractivity contribution in [3.8, 4) is 0 Å². The molecule has 0 radical (unpaired) electrons. The Morgan fingerprint density at radius 3 is 2.67 bits per heavy atom. The predicted octanol–water partition coefficient (Wildman–Crippen LogP) is 1.03. The minimum Gasteiger partial charge on any atom is -0.378 e. The maximum atomic E-state index is 13.7. The van der Waals surface area contributed by atoms with Crippen molar-refractivity contribution in [2.45, 2.75) is 6.54 Å². The molecule has 1 aliphatic rings. The summed E-state index contributed by atoms with van der Waals surface area (Å²) < 4.78 is 18.9. The normalized spacial score (nSPS) is 15.8. The van der Waals surface area contributed by atoms with E-state index in [0.29, 0.717) is 26.3 Å². The summed E-state index contributed by atoms with van der Waals surface area (Å²) >= 11 is 0. The smallest absolute Gasteiger partial charge is 0.293 e. The van der Waals surface area contributed by atoms with E-state index in [-0.39, 0.29) is 23.5 Å². The Morgan fingerprint density at radius 1 is 1.44 bits per heavy atom. The third-order valence-corrected chi connectivity index (χ3v) is 2.93. The lowest BCUT2D eigenvalue weighted by Crippen LogP contribution is -2.37. The van der Waals surface area contributed by atoms with Gasteiger partial charge < -0.3 is 15.4 Å². The van der Waals surface area contributed by atoms with Crippen LogP contribution in [0.5, 0.6) is 0 Å². The number of nitrogens with two attached hydrogens (primary N) is 1. The van der Waals surface area contributed by atoms with E-state index in [4.69, 9.17) is 10.5 Å². The van der Waals surface area contributed by atoms with Crippen molar-refractivity contribution in [1.82, 2.24) is 0 Å². The van der Waals surface area contributed by atoms with Crippen LogP contribution in [0.15, 0.2) is 12.1 Å². The molecule has 0 spiro atoms. The highest BCUT2D eigenvalue weighted by Crippen LogP contribution is 2.34. The van der Waals surface area contributed by atoms with Crippen LogP contribution >= 0.6 is 0 Å². The van der Waals surface area contributed by atoms with Crippen molar-refractivity contribution in [2.75, 3.05) is 31.2 Å². The van der Waals surface area contributed by atoms with Crippen LogP contribution in [-0.2, 0) is 11.3 Å². The Morgan fingerprint density at radius 2 is 2.11 bits per heavy atom. The van der Waals surface area contributed by atoms with E-state index in [2.05, 4.69) is 0 Å². The molecule has 1 aromatic carbocycles. The van der Waals surface area contributed by atoms with Crippen LogP contribution in [0, 0.1) is 15.9 Å². The summed E-state index contributed by atoms with van der Waals surface area (Å²) in [5.41, 5.74) is 5.86. The van der Waals surface area contributed by atoms with Gasteiger partial charge in [-0.25, -0.2) is 4.39 Å². The van der Waals surface area contributed by atoms with Crippen molar-refractivity contribution in [1.29, 1.82) is 0 Å². The molecule has 0 atom stereocenters. The molecule has 7 heteroatoms.